The molecule has 0 fully saturated rings. The van der Waals surface area contributed by atoms with Crippen molar-refractivity contribution in [3.05, 3.63) is 35.4 Å². The Morgan fingerprint density at radius 2 is 1.95 bits per heavy atom. The Balaban J connectivity index is 2.30. The van der Waals surface area contributed by atoms with Gasteiger partial charge in [-0.2, -0.15) is 0 Å². The Morgan fingerprint density at radius 1 is 1.32 bits per heavy atom. The van der Waals surface area contributed by atoms with E-state index in [0.29, 0.717) is 13.2 Å². The number of amides is 2. The predicted molar refractivity (Wildman–Crippen MR) is 66.2 cm³/mol. The van der Waals surface area contributed by atoms with Crippen LogP contribution in [0.25, 0.3) is 0 Å². The summed E-state index contributed by atoms with van der Waals surface area (Å²) in [5.74, 6) is -1.40. The molecule has 0 aliphatic heterocycles. The molecule has 0 unspecified atom stereocenters. The molecule has 0 atom stereocenters. The maximum absolute atomic E-state index is 13.2. The maximum Gasteiger partial charge on any atom is 0.338 e. The lowest BCUT2D eigenvalue weighted by Gasteiger charge is -2.11. The zero-order chi connectivity index (χ0) is 14.3. The van der Waals surface area contributed by atoms with Crippen LogP contribution >= 0.6 is 0 Å². The van der Waals surface area contributed by atoms with Gasteiger partial charge in [-0.1, -0.05) is 6.07 Å². The number of benzene rings is 1. The van der Waals surface area contributed by atoms with E-state index in [-0.39, 0.29) is 12.1 Å². The molecule has 19 heavy (non-hydrogen) atoms. The second-order valence-electron chi connectivity index (χ2n) is 4.14. The molecule has 106 valence electrons. The van der Waals surface area contributed by atoms with Crippen molar-refractivity contribution in [3.8, 4) is 0 Å². The van der Waals surface area contributed by atoms with Crippen molar-refractivity contribution in [1.82, 2.24) is 15.7 Å². The van der Waals surface area contributed by atoms with Gasteiger partial charge in [-0.05, 0) is 26.2 Å². The molecule has 2 amide bonds. The number of hydroxylamine groups is 1. The molecule has 2 N–H and O–H groups in total. The van der Waals surface area contributed by atoms with E-state index in [1.54, 1.807) is 0 Å². The normalized spacial score (nSPS) is 10.6. The van der Waals surface area contributed by atoms with Gasteiger partial charge in [0.05, 0.1) is 13.2 Å². The van der Waals surface area contributed by atoms with E-state index in [9.17, 15) is 13.6 Å². The van der Waals surface area contributed by atoms with Crippen LogP contribution in [0.4, 0.5) is 13.6 Å². The Bertz CT molecular complexity index is 407. The van der Waals surface area contributed by atoms with E-state index in [0.717, 1.165) is 12.1 Å². The molecule has 0 bridgehead atoms. The number of likely N-dealkylation sites (N-methyl/N-ethyl adjacent to an activating group) is 1. The monoisotopic (exact) mass is 273 g/mol. The van der Waals surface area contributed by atoms with Crippen molar-refractivity contribution in [2.75, 3.05) is 27.2 Å². The van der Waals surface area contributed by atoms with Gasteiger partial charge in [0.25, 0.3) is 0 Å². The zero-order valence-corrected chi connectivity index (χ0v) is 10.9. The second kappa shape index (κ2) is 7.65. The summed E-state index contributed by atoms with van der Waals surface area (Å²) in [6.07, 6.45) is 0. The number of hydrogen-bond donors (Lipinski definition) is 2. The molecule has 0 aromatic heterocycles. The zero-order valence-electron chi connectivity index (χ0n) is 10.9. The number of nitrogens with one attached hydrogen (secondary N) is 2. The third kappa shape index (κ3) is 5.62. The van der Waals surface area contributed by atoms with Crippen LogP contribution in [-0.2, 0) is 11.4 Å². The van der Waals surface area contributed by atoms with Gasteiger partial charge < -0.3 is 10.2 Å². The number of halogens is 2. The minimum absolute atomic E-state index is 0.189. The van der Waals surface area contributed by atoms with Crippen LogP contribution in [0, 0.1) is 11.6 Å². The first kappa shape index (κ1) is 15.3. The van der Waals surface area contributed by atoms with E-state index in [2.05, 4.69) is 10.8 Å². The molecular weight excluding hydrogens is 256 g/mol. The molecule has 0 aliphatic carbocycles. The highest BCUT2D eigenvalue weighted by Crippen LogP contribution is 2.11. The molecule has 5 nitrogen and oxygen atoms in total. The van der Waals surface area contributed by atoms with Gasteiger partial charge in [0, 0.05) is 12.1 Å². The van der Waals surface area contributed by atoms with Gasteiger partial charge in [0.15, 0.2) is 0 Å². The van der Waals surface area contributed by atoms with Crippen LogP contribution in [0.3, 0.4) is 0 Å². The van der Waals surface area contributed by atoms with Crippen LogP contribution in [0.1, 0.15) is 5.56 Å². The topological polar surface area (TPSA) is 53.6 Å². The minimum atomic E-state index is -0.700. The van der Waals surface area contributed by atoms with Crippen LogP contribution < -0.4 is 10.8 Å². The van der Waals surface area contributed by atoms with Crippen molar-refractivity contribution in [3.63, 3.8) is 0 Å². The number of carbonyl (C=O) groups is 1. The van der Waals surface area contributed by atoms with Crippen LogP contribution in [0.2, 0.25) is 0 Å². The molecule has 0 radical (unpaired) electrons. The smallest absolute Gasteiger partial charge is 0.332 e. The van der Waals surface area contributed by atoms with E-state index < -0.39 is 17.7 Å². The molecule has 7 heteroatoms. The van der Waals surface area contributed by atoms with Crippen LogP contribution in [-0.4, -0.2) is 38.2 Å². The minimum Gasteiger partial charge on any atom is -0.332 e. The van der Waals surface area contributed by atoms with E-state index >= 15 is 0 Å². The Labute approximate surface area is 110 Å². The Morgan fingerprint density at radius 3 is 2.53 bits per heavy atom. The predicted octanol–water partition coefficient (Wildman–Crippen LogP) is 1.26. The highest BCUT2D eigenvalue weighted by atomic mass is 19.1. The van der Waals surface area contributed by atoms with Crippen LogP contribution in [0.15, 0.2) is 18.2 Å². The Kier molecular flexibility index (Phi) is 6.17. The fraction of sp³-hybridized carbons (Fsp3) is 0.417. The maximum atomic E-state index is 13.2. The molecule has 1 rings (SSSR count). The largest absolute Gasteiger partial charge is 0.338 e. The SMILES string of the molecule is CN(C)CCONC(=O)NCc1c(F)cccc1F. The summed E-state index contributed by atoms with van der Waals surface area (Å²) in [5, 5.41) is 2.30. The number of rotatable bonds is 6. The van der Waals surface area contributed by atoms with Gasteiger partial charge in [-0.25, -0.2) is 19.1 Å². The third-order valence-electron chi connectivity index (χ3n) is 2.29. The molecule has 0 heterocycles. The quantitative estimate of drug-likeness (QED) is 0.606. The molecule has 1 aromatic rings. The first-order valence-electron chi connectivity index (χ1n) is 5.74. The van der Waals surface area contributed by atoms with Gasteiger partial charge in [-0.15, -0.1) is 0 Å². The molecule has 0 saturated heterocycles. The summed E-state index contributed by atoms with van der Waals surface area (Å²) < 4.78 is 26.5. The summed E-state index contributed by atoms with van der Waals surface area (Å²) in [7, 11) is 3.73. The van der Waals surface area contributed by atoms with E-state index in [1.807, 2.05) is 19.0 Å². The fourth-order valence-electron chi connectivity index (χ4n) is 1.25. The standard InChI is InChI=1S/C12H17F2N3O2/c1-17(2)6-7-19-16-12(18)15-8-9-10(13)4-3-5-11(9)14/h3-5H,6-8H2,1-2H3,(H2,15,16,18). The summed E-state index contributed by atoms with van der Waals surface area (Å²) in [5.41, 5.74) is 1.94. The van der Waals surface area contributed by atoms with Crippen molar-refractivity contribution in [1.29, 1.82) is 0 Å². The summed E-state index contributed by atoms with van der Waals surface area (Å²) in [6.45, 7) is 0.706. The Hall–Kier alpha value is -1.73. The first-order chi connectivity index (χ1) is 9.00. The molecule has 0 saturated carbocycles. The highest BCUT2D eigenvalue weighted by Gasteiger charge is 2.09. The van der Waals surface area contributed by atoms with E-state index in [1.165, 1.54) is 6.07 Å². The highest BCUT2D eigenvalue weighted by molar-refractivity contribution is 5.72. The average molecular weight is 273 g/mol. The van der Waals surface area contributed by atoms with Crippen molar-refractivity contribution < 1.29 is 18.4 Å². The average Bonchev–Trinajstić information content (AvgIpc) is 2.34. The summed E-state index contributed by atoms with van der Waals surface area (Å²) in [4.78, 5) is 18.0. The lowest BCUT2D eigenvalue weighted by molar-refractivity contribution is 0.0519. The van der Waals surface area contributed by atoms with Crippen LogP contribution in [0.5, 0.6) is 0 Å². The summed E-state index contributed by atoms with van der Waals surface area (Å²) >= 11 is 0. The fourth-order valence-corrected chi connectivity index (χ4v) is 1.25. The number of carbonyl (C=O) groups excluding carboxylic acids is 1. The van der Waals surface area contributed by atoms with Gasteiger partial charge in [0.1, 0.15) is 11.6 Å². The molecule has 1 aromatic carbocycles. The molecule has 0 aliphatic rings. The van der Waals surface area contributed by atoms with E-state index in [4.69, 9.17) is 4.84 Å². The van der Waals surface area contributed by atoms with Gasteiger partial charge in [0.2, 0.25) is 0 Å². The van der Waals surface area contributed by atoms with Crippen molar-refractivity contribution in [2.45, 2.75) is 6.54 Å². The second-order valence-corrected chi connectivity index (χ2v) is 4.14. The first-order valence-corrected chi connectivity index (χ1v) is 5.74. The molecule has 0 spiro atoms. The number of hydrogen-bond acceptors (Lipinski definition) is 3. The van der Waals surface area contributed by atoms with Crippen molar-refractivity contribution in [2.24, 2.45) is 0 Å². The lowest BCUT2D eigenvalue weighted by atomic mass is 10.2. The third-order valence-corrected chi connectivity index (χ3v) is 2.29. The van der Waals surface area contributed by atoms with Gasteiger partial charge in [-0.3, -0.25) is 4.84 Å². The summed E-state index contributed by atoms with van der Waals surface area (Å²) in [6, 6.07) is 2.87. The number of nitrogens with zero attached hydrogens (tertiary/aromatic N) is 1. The lowest BCUT2D eigenvalue weighted by Crippen LogP contribution is -2.36. The molecular formula is C12H17F2N3O2. The van der Waals surface area contributed by atoms with Crippen molar-refractivity contribution >= 4 is 6.03 Å². The number of urea groups is 1. The van der Waals surface area contributed by atoms with Gasteiger partial charge >= 0.3 is 6.03 Å².